The van der Waals surface area contributed by atoms with Gasteiger partial charge in [0.05, 0.1) is 5.56 Å². The van der Waals surface area contributed by atoms with Crippen LogP contribution in [0.5, 0.6) is 0 Å². The first-order chi connectivity index (χ1) is 17.0. The number of rotatable bonds is 8. The summed E-state index contributed by atoms with van der Waals surface area (Å²) in [6.07, 6.45) is 3.90. The second-order valence-corrected chi connectivity index (χ2v) is 8.28. The number of hydrogen-bond donors (Lipinski definition) is 4. The zero-order chi connectivity index (χ0) is 24.6. The van der Waals surface area contributed by atoms with E-state index in [1.165, 1.54) is 6.20 Å². The van der Waals surface area contributed by atoms with E-state index in [2.05, 4.69) is 25.9 Å². The lowest BCUT2D eigenvalue weighted by Gasteiger charge is -2.30. The first-order valence-electron chi connectivity index (χ1n) is 11.3. The molecule has 2 heterocycles. The number of hydrogen-bond acceptors (Lipinski definition) is 7. The minimum atomic E-state index is -0.633. The van der Waals surface area contributed by atoms with Crippen molar-refractivity contribution in [1.82, 2.24) is 14.9 Å². The van der Waals surface area contributed by atoms with Crippen molar-refractivity contribution in [2.75, 3.05) is 29.0 Å². The number of aromatic nitrogens is 2. The average Bonchev–Trinajstić information content (AvgIpc) is 2.88. The fourth-order valence-electron chi connectivity index (χ4n) is 3.85. The summed E-state index contributed by atoms with van der Waals surface area (Å²) < 4.78 is 0. The topological polar surface area (TPSA) is 142 Å². The van der Waals surface area contributed by atoms with E-state index in [1.54, 1.807) is 29.2 Å². The molecule has 1 fully saturated rings. The molecule has 1 saturated heterocycles. The summed E-state index contributed by atoms with van der Waals surface area (Å²) in [5.41, 5.74) is 7.93. The Morgan fingerprint density at radius 3 is 2.69 bits per heavy atom. The van der Waals surface area contributed by atoms with Crippen molar-refractivity contribution in [2.45, 2.75) is 19.4 Å². The molecule has 35 heavy (non-hydrogen) atoms. The van der Waals surface area contributed by atoms with Crippen LogP contribution in [-0.2, 0) is 11.3 Å². The quantitative estimate of drug-likeness (QED) is 0.367. The van der Waals surface area contributed by atoms with Crippen molar-refractivity contribution in [3.8, 4) is 0 Å². The number of nitrogens with one attached hydrogen (secondary N) is 3. The van der Waals surface area contributed by atoms with E-state index >= 15 is 0 Å². The largest absolute Gasteiger partial charge is 0.365 e. The molecule has 4 rings (SSSR count). The van der Waals surface area contributed by atoms with Gasteiger partial charge in [0, 0.05) is 43.1 Å². The maximum Gasteiger partial charge on any atom is 0.321 e. The lowest BCUT2D eigenvalue weighted by molar-refractivity contribution is -0.112. The number of nitrogens with zero attached hydrogens (tertiary/aromatic N) is 3. The third-order valence-electron chi connectivity index (χ3n) is 5.66. The number of nitrogens with two attached hydrogens (primary N) is 1. The highest BCUT2D eigenvalue weighted by Crippen LogP contribution is 2.22. The number of anilines is 4. The molecule has 0 spiro atoms. The summed E-state index contributed by atoms with van der Waals surface area (Å²) in [6.45, 7) is 1.50. The number of aldehydes is 1. The highest BCUT2D eigenvalue weighted by atomic mass is 16.2. The van der Waals surface area contributed by atoms with Crippen LogP contribution in [0.1, 0.15) is 28.8 Å². The molecule has 1 aromatic heterocycles. The molecule has 3 amide bonds. The molecular formula is C25H27N7O3. The van der Waals surface area contributed by atoms with Gasteiger partial charge in [-0.05, 0) is 36.6 Å². The number of carbonyl (C=O) groups excluding carboxylic acids is 3. The lowest BCUT2D eigenvalue weighted by atomic mass is 10.0. The van der Waals surface area contributed by atoms with Crippen LogP contribution in [0.25, 0.3) is 0 Å². The van der Waals surface area contributed by atoms with Gasteiger partial charge in [-0.2, -0.15) is 4.98 Å². The predicted octanol–water partition coefficient (Wildman–Crippen LogP) is 3.37. The van der Waals surface area contributed by atoms with Crippen molar-refractivity contribution in [3.05, 3.63) is 71.9 Å². The van der Waals surface area contributed by atoms with Gasteiger partial charge in [0.1, 0.15) is 12.1 Å². The molecule has 1 aliphatic heterocycles. The highest BCUT2D eigenvalue weighted by Gasteiger charge is 2.23. The van der Waals surface area contributed by atoms with Crippen molar-refractivity contribution in [3.63, 3.8) is 0 Å². The number of carbonyl (C=O) groups is 3. The SMILES string of the molecule is NC(=O)c1cnc(Nc2cccc(NC(=O)N3CCCC(C=O)C3)c2)nc1NCc1ccccc1. The van der Waals surface area contributed by atoms with Gasteiger partial charge in [-0.15, -0.1) is 0 Å². The molecule has 1 aliphatic rings. The van der Waals surface area contributed by atoms with E-state index in [1.807, 2.05) is 30.3 Å². The Hall–Kier alpha value is -4.47. The third-order valence-corrected chi connectivity index (χ3v) is 5.66. The Morgan fingerprint density at radius 1 is 1.11 bits per heavy atom. The Labute approximate surface area is 202 Å². The van der Waals surface area contributed by atoms with Crippen LogP contribution in [0.4, 0.5) is 27.9 Å². The fraction of sp³-hybridized carbons (Fsp3) is 0.240. The zero-order valence-corrected chi connectivity index (χ0v) is 19.1. The maximum absolute atomic E-state index is 12.6. The molecular weight excluding hydrogens is 446 g/mol. The average molecular weight is 474 g/mol. The van der Waals surface area contributed by atoms with Gasteiger partial charge in [0.25, 0.3) is 5.91 Å². The van der Waals surface area contributed by atoms with Gasteiger partial charge in [0.15, 0.2) is 0 Å². The third kappa shape index (κ3) is 6.32. The summed E-state index contributed by atoms with van der Waals surface area (Å²) >= 11 is 0. The summed E-state index contributed by atoms with van der Waals surface area (Å²) in [6, 6.07) is 16.6. The molecule has 180 valence electrons. The number of likely N-dealkylation sites (tertiary alicyclic amines) is 1. The van der Waals surface area contributed by atoms with Crippen LogP contribution >= 0.6 is 0 Å². The van der Waals surface area contributed by atoms with E-state index in [4.69, 9.17) is 5.73 Å². The molecule has 10 nitrogen and oxygen atoms in total. The standard InChI is InChI=1S/C25H27N7O3/c26-22(34)21-14-28-24(31-23(21)27-13-17-6-2-1-3-7-17)29-19-9-4-10-20(12-19)30-25(35)32-11-5-8-18(15-32)16-33/h1-4,6-7,9-10,12,14,16,18H,5,8,11,13,15H2,(H2,26,34)(H,30,35)(H2,27,28,29,31). The smallest absolute Gasteiger partial charge is 0.321 e. The van der Waals surface area contributed by atoms with Gasteiger partial charge in [0.2, 0.25) is 5.95 Å². The Bertz CT molecular complexity index is 1200. The van der Waals surface area contributed by atoms with Crippen LogP contribution in [-0.4, -0.2) is 46.2 Å². The molecule has 0 saturated carbocycles. The normalized spacial score (nSPS) is 15.2. The number of benzene rings is 2. The zero-order valence-electron chi connectivity index (χ0n) is 19.1. The molecule has 2 aromatic carbocycles. The van der Waals surface area contributed by atoms with Crippen LogP contribution in [0.2, 0.25) is 0 Å². The second kappa shape index (κ2) is 11.1. The van der Waals surface area contributed by atoms with Crippen LogP contribution in [0.15, 0.2) is 60.8 Å². The number of primary amides is 1. The summed E-state index contributed by atoms with van der Waals surface area (Å²) in [5.74, 6) is -0.170. The van der Waals surface area contributed by atoms with Crippen molar-refractivity contribution in [1.29, 1.82) is 0 Å². The summed E-state index contributed by atoms with van der Waals surface area (Å²) in [4.78, 5) is 45.8. The molecule has 10 heteroatoms. The van der Waals surface area contributed by atoms with Gasteiger partial charge in [-0.25, -0.2) is 9.78 Å². The molecule has 0 bridgehead atoms. The molecule has 5 N–H and O–H groups in total. The molecule has 0 radical (unpaired) electrons. The van der Waals surface area contributed by atoms with Crippen LogP contribution in [0.3, 0.4) is 0 Å². The Kier molecular flexibility index (Phi) is 7.51. The highest BCUT2D eigenvalue weighted by molar-refractivity contribution is 5.97. The minimum Gasteiger partial charge on any atom is -0.365 e. The molecule has 0 aliphatic carbocycles. The molecule has 1 atom stereocenters. The van der Waals surface area contributed by atoms with Crippen molar-refractivity contribution >= 4 is 41.4 Å². The number of piperidine rings is 1. The summed E-state index contributed by atoms with van der Waals surface area (Å²) in [5, 5.41) is 9.11. The van der Waals surface area contributed by atoms with E-state index in [0.29, 0.717) is 36.8 Å². The molecule has 1 unspecified atom stereocenters. The van der Waals surface area contributed by atoms with E-state index in [-0.39, 0.29) is 23.5 Å². The van der Waals surface area contributed by atoms with E-state index < -0.39 is 5.91 Å². The summed E-state index contributed by atoms with van der Waals surface area (Å²) in [7, 11) is 0. The first kappa shape index (κ1) is 23.7. The van der Waals surface area contributed by atoms with Gasteiger partial charge < -0.3 is 31.4 Å². The van der Waals surface area contributed by atoms with Crippen molar-refractivity contribution in [2.24, 2.45) is 11.7 Å². The van der Waals surface area contributed by atoms with Crippen molar-refractivity contribution < 1.29 is 14.4 Å². The second-order valence-electron chi connectivity index (χ2n) is 8.28. The van der Waals surface area contributed by atoms with Crippen LogP contribution < -0.4 is 21.7 Å². The monoisotopic (exact) mass is 473 g/mol. The lowest BCUT2D eigenvalue weighted by Crippen LogP contribution is -2.42. The van der Waals surface area contributed by atoms with Gasteiger partial charge in [-0.1, -0.05) is 36.4 Å². The van der Waals surface area contributed by atoms with Gasteiger partial charge >= 0.3 is 6.03 Å². The molecule has 3 aromatic rings. The van der Waals surface area contributed by atoms with E-state index in [9.17, 15) is 14.4 Å². The van der Waals surface area contributed by atoms with Crippen LogP contribution in [0, 0.1) is 5.92 Å². The number of urea groups is 1. The fourth-order valence-corrected chi connectivity index (χ4v) is 3.85. The number of amides is 3. The van der Waals surface area contributed by atoms with Gasteiger partial charge in [-0.3, -0.25) is 4.79 Å². The van der Waals surface area contributed by atoms with E-state index in [0.717, 1.165) is 24.7 Å². The maximum atomic E-state index is 12.6. The Balaban J connectivity index is 1.45. The first-order valence-corrected chi connectivity index (χ1v) is 11.3. The predicted molar refractivity (Wildman–Crippen MR) is 133 cm³/mol. The minimum absolute atomic E-state index is 0.118. The Morgan fingerprint density at radius 2 is 1.91 bits per heavy atom.